The molecule has 6 nitrogen and oxygen atoms in total. The van der Waals surface area contributed by atoms with Gasteiger partial charge in [-0.1, -0.05) is 6.07 Å². The van der Waals surface area contributed by atoms with Crippen LogP contribution in [0.1, 0.15) is 35.3 Å². The van der Waals surface area contributed by atoms with Gasteiger partial charge in [-0.2, -0.15) is 0 Å². The Balaban J connectivity index is 1.38. The van der Waals surface area contributed by atoms with E-state index < -0.39 is 11.6 Å². The molecule has 2 amide bonds. The van der Waals surface area contributed by atoms with Crippen LogP contribution in [0.15, 0.2) is 36.8 Å². The average Bonchev–Trinajstić information content (AvgIpc) is 3.00. The van der Waals surface area contributed by atoms with E-state index in [4.69, 9.17) is 0 Å². The maximum Gasteiger partial charge on any atom is 0.274 e. The highest BCUT2D eigenvalue weighted by Crippen LogP contribution is 2.41. The van der Waals surface area contributed by atoms with Gasteiger partial charge in [-0.15, -0.1) is 0 Å². The molecule has 0 atom stereocenters. The largest absolute Gasteiger partial charge is 0.338 e. The second kappa shape index (κ2) is 7.26. The highest BCUT2D eigenvalue weighted by Gasteiger charge is 2.45. The molecule has 0 bridgehead atoms. The molecule has 146 valence electrons. The summed E-state index contributed by atoms with van der Waals surface area (Å²) in [7, 11) is 0. The molecule has 28 heavy (non-hydrogen) atoms. The van der Waals surface area contributed by atoms with Crippen molar-refractivity contribution in [2.45, 2.75) is 25.8 Å². The van der Waals surface area contributed by atoms with Gasteiger partial charge in [0, 0.05) is 50.4 Å². The van der Waals surface area contributed by atoms with Crippen molar-refractivity contribution in [2.24, 2.45) is 5.41 Å². The zero-order valence-corrected chi connectivity index (χ0v) is 15.3. The molecular weight excluding hydrogens is 366 g/mol. The minimum absolute atomic E-state index is 0.0124. The van der Waals surface area contributed by atoms with Crippen LogP contribution in [0.4, 0.5) is 8.78 Å². The normalized spacial score (nSPS) is 18.7. The van der Waals surface area contributed by atoms with Gasteiger partial charge in [0.1, 0.15) is 5.69 Å². The van der Waals surface area contributed by atoms with Crippen LogP contribution in [0.5, 0.6) is 0 Å². The highest BCUT2D eigenvalue weighted by molar-refractivity contribution is 5.92. The Morgan fingerprint density at radius 2 is 1.93 bits per heavy atom. The smallest absolute Gasteiger partial charge is 0.274 e. The van der Waals surface area contributed by atoms with E-state index in [0.29, 0.717) is 37.3 Å². The summed E-state index contributed by atoms with van der Waals surface area (Å²) < 4.78 is 26.5. The fourth-order valence-corrected chi connectivity index (χ4v) is 4.07. The molecule has 1 aromatic heterocycles. The molecule has 2 aliphatic heterocycles. The SMILES string of the molecule is O=C1CC2(CCN(C(=O)c3cnccn3)CC2)CN1Cc1ccc(F)c(F)c1. The average molecular weight is 386 g/mol. The van der Waals surface area contributed by atoms with Crippen LogP contribution >= 0.6 is 0 Å². The Kier molecular flexibility index (Phi) is 4.78. The lowest BCUT2D eigenvalue weighted by Gasteiger charge is -2.38. The van der Waals surface area contributed by atoms with Crippen LogP contribution < -0.4 is 0 Å². The maximum atomic E-state index is 13.4. The summed E-state index contributed by atoms with van der Waals surface area (Å²) in [5, 5.41) is 0. The molecule has 1 aromatic carbocycles. The van der Waals surface area contributed by atoms with Gasteiger partial charge in [0.15, 0.2) is 11.6 Å². The van der Waals surface area contributed by atoms with Crippen LogP contribution in [-0.2, 0) is 11.3 Å². The van der Waals surface area contributed by atoms with Crippen LogP contribution in [-0.4, -0.2) is 51.2 Å². The molecule has 0 unspecified atom stereocenters. The summed E-state index contributed by atoms with van der Waals surface area (Å²) in [5.41, 5.74) is 0.718. The first-order chi connectivity index (χ1) is 13.5. The van der Waals surface area contributed by atoms with Crippen LogP contribution in [0.25, 0.3) is 0 Å². The standard InChI is InChI=1S/C20H20F2N4O2/c21-15-2-1-14(9-16(15)22)12-26-13-20(10-18(26)27)3-7-25(8-4-20)19(28)17-11-23-5-6-24-17/h1-2,5-6,9,11H,3-4,7-8,10,12-13H2. The molecule has 8 heteroatoms. The Labute approximate surface area is 161 Å². The first kappa shape index (κ1) is 18.5. The molecule has 2 fully saturated rings. The van der Waals surface area contributed by atoms with E-state index in [0.717, 1.165) is 25.0 Å². The number of benzene rings is 1. The van der Waals surface area contributed by atoms with Crippen LogP contribution in [0, 0.1) is 17.0 Å². The van der Waals surface area contributed by atoms with Crippen molar-refractivity contribution in [1.29, 1.82) is 0 Å². The van der Waals surface area contributed by atoms with Gasteiger partial charge in [0.25, 0.3) is 5.91 Å². The first-order valence-electron chi connectivity index (χ1n) is 9.23. The monoisotopic (exact) mass is 386 g/mol. The number of hydrogen-bond donors (Lipinski definition) is 0. The third kappa shape index (κ3) is 3.58. The van der Waals surface area contributed by atoms with Gasteiger partial charge in [-0.05, 0) is 30.5 Å². The third-order valence-electron chi connectivity index (χ3n) is 5.66. The third-order valence-corrected chi connectivity index (χ3v) is 5.66. The predicted octanol–water partition coefficient (Wildman–Crippen LogP) is 2.41. The lowest BCUT2D eigenvalue weighted by Crippen LogP contribution is -2.44. The predicted molar refractivity (Wildman–Crippen MR) is 96.0 cm³/mol. The van der Waals surface area contributed by atoms with E-state index in [-0.39, 0.29) is 23.8 Å². The van der Waals surface area contributed by atoms with Gasteiger partial charge in [0.05, 0.1) is 6.20 Å². The topological polar surface area (TPSA) is 66.4 Å². The van der Waals surface area contributed by atoms with E-state index >= 15 is 0 Å². The molecule has 2 aromatic rings. The summed E-state index contributed by atoms with van der Waals surface area (Å²) >= 11 is 0. The number of aromatic nitrogens is 2. The zero-order valence-electron chi connectivity index (χ0n) is 15.3. The lowest BCUT2D eigenvalue weighted by molar-refractivity contribution is -0.128. The molecule has 0 saturated carbocycles. The van der Waals surface area contributed by atoms with Gasteiger partial charge in [-0.25, -0.2) is 13.8 Å². The number of halogens is 2. The number of likely N-dealkylation sites (tertiary alicyclic amines) is 2. The fourth-order valence-electron chi connectivity index (χ4n) is 4.07. The van der Waals surface area contributed by atoms with E-state index in [1.165, 1.54) is 24.7 Å². The van der Waals surface area contributed by atoms with Gasteiger partial charge < -0.3 is 9.80 Å². The minimum Gasteiger partial charge on any atom is -0.338 e. The summed E-state index contributed by atoms with van der Waals surface area (Å²) in [6.07, 6.45) is 6.33. The number of carbonyl (C=O) groups excluding carboxylic acids is 2. The molecule has 3 heterocycles. The van der Waals surface area contributed by atoms with E-state index in [1.807, 2.05) is 0 Å². The summed E-state index contributed by atoms with van der Waals surface area (Å²) in [4.78, 5) is 36.4. The Morgan fingerprint density at radius 3 is 2.61 bits per heavy atom. The fraction of sp³-hybridized carbons (Fsp3) is 0.400. The van der Waals surface area contributed by atoms with Gasteiger partial charge >= 0.3 is 0 Å². The van der Waals surface area contributed by atoms with Crippen LogP contribution in [0.2, 0.25) is 0 Å². The molecular formula is C20H20F2N4O2. The quantitative estimate of drug-likeness (QED) is 0.813. The first-order valence-corrected chi connectivity index (χ1v) is 9.23. The molecule has 0 N–H and O–H groups in total. The van der Waals surface area contributed by atoms with Crippen molar-refractivity contribution < 1.29 is 18.4 Å². The van der Waals surface area contributed by atoms with Gasteiger partial charge in [-0.3, -0.25) is 14.6 Å². The van der Waals surface area contributed by atoms with E-state index in [2.05, 4.69) is 9.97 Å². The second-order valence-electron chi connectivity index (χ2n) is 7.56. The van der Waals surface area contributed by atoms with Crippen molar-refractivity contribution in [3.05, 3.63) is 59.7 Å². The van der Waals surface area contributed by atoms with Crippen molar-refractivity contribution in [3.8, 4) is 0 Å². The van der Waals surface area contributed by atoms with Crippen molar-refractivity contribution in [3.63, 3.8) is 0 Å². The number of nitrogens with zero attached hydrogens (tertiary/aromatic N) is 4. The van der Waals surface area contributed by atoms with E-state index in [9.17, 15) is 18.4 Å². The van der Waals surface area contributed by atoms with Crippen molar-refractivity contribution in [2.75, 3.05) is 19.6 Å². The molecule has 1 spiro atoms. The lowest BCUT2D eigenvalue weighted by atomic mass is 9.77. The van der Waals surface area contributed by atoms with Crippen molar-refractivity contribution >= 4 is 11.8 Å². The second-order valence-corrected chi connectivity index (χ2v) is 7.56. The highest BCUT2D eigenvalue weighted by atomic mass is 19.2. The molecule has 2 saturated heterocycles. The number of amides is 2. The minimum atomic E-state index is -0.908. The molecule has 0 radical (unpaired) electrons. The number of rotatable bonds is 3. The van der Waals surface area contributed by atoms with Crippen LogP contribution in [0.3, 0.4) is 0 Å². The molecule has 0 aliphatic carbocycles. The Morgan fingerprint density at radius 1 is 1.14 bits per heavy atom. The molecule has 2 aliphatic rings. The van der Waals surface area contributed by atoms with E-state index in [1.54, 1.807) is 9.80 Å². The number of hydrogen-bond acceptors (Lipinski definition) is 4. The Bertz CT molecular complexity index is 898. The number of carbonyl (C=O) groups is 2. The maximum absolute atomic E-state index is 13.4. The Hall–Kier alpha value is -2.90. The summed E-state index contributed by atoms with van der Waals surface area (Å²) in [6.45, 7) is 1.95. The van der Waals surface area contributed by atoms with Gasteiger partial charge in [0.2, 0.25) is 5.91 Å². The van der Waals surface area contributed by atoms with Crippen molar-refractivity contribution in [1.82, 2.24) is 19.8 Å². The molecule has 4 rings (SSSR count). The summed E-state index contributed by atoms with van der Waals surface area (Å²) in [6, 6.07) is 3.71. The zero-order chi connectivity index (χ0) is 19.7. The number of piperidine rings is 1. The summed E-state index contributed by atoms with van der Waals surface area (Å²) in [5.74, 6) is -1.94.